The molecule has 0 atom stereocenters. The predicted molar refractivity (Wildman–Crippen MR) is 130 cm³/mol. The molecule has 0 N–H and O–H groups in total. The van der Waals surface area contributed by atoms with Crippen LogP contribution in [0, 0.1) is 0 Å². The average Bonchev–Trinajstić information content (AvgIpc) is 2.66. The lowest BCUT2D eigenvalue weighted by atomic mass is 10.2. The number of ether oxygens (including phenoxy) is 2. The van der Waals surface area contributed by atoms with Crippen LogP contribution in [0.5, 0.6) is 0 Å². The first-order valence-electron chi connectivity index (χ1n) is 11.2. The Morgan fingerprint density at radius 3 is 2.03 bits per heavy atom. The van der Waals surface area contributed by atoms with Gasteiger partial charge in [0.15, 0.2) is 8.32 Å². The molecule has 0 saturated carbocycles. The van der Waals surface area contributed by atoms with Crippen molar-refractivity contribution in [3.8, 4) is 0 Å². The van der Waals surface area contributed by atoms with Crippen LogP contribution in [0.2, 0.25) is 18.1 Å². The Balaban J connectivity index is 2.65. The zero-order chi connectivity index (χ0) is 24.6. The van der Waals surface area contributed by atoms with Gasteiger partial charge in [-0.1, -0.05) is 51.1 Å². The van der Waals surface area contributed by atoms with Crippen LogP contribution in [-0.4, -0.2) is 69.2 Å². The molecule has 0 aromatic heterocycles. The van der Waals surface area contributed by atoms with Gasteiger partial charge in [0.1, 0.15) is 12.2 Å². The summed E-state index contributed by atoms with van der Waals surface area (Å²) in [6.07, 6.45) is -0.849. The van der Waals surface area contributed by atoms with Gasteiger partial charge in [0, 0.05) is 26.7 Å². The van der Waals surface area contributed by atoms with Crippen molar-refractivity contribution in [2.75, 3.05) is 33.3 Å². The van der Waals surface area contributed by atoms with Gasteiger partial charge in [-0.3, -0.25) is 0 Å². The highest BCUT2D eigenvalue weighted by Gasteiger charge is 2.37. The lowest BCUT2D eigenvalue weighted by Crippen LogP contribution is -2.46. The van der Waals surface area contributed by atoms with Crippen molar-refractivity contribution in [1.82, 2.24) is 9.80 Å². The fourth-order valence-electron chi connectivity index (χ4n) is 2.44. The number of benzene rings is 1. The lowest BCUT2D eigenvalue weighted by molar-refractivity contribution is 0.0203. The topological polar surface area (TPSA) is 68.3 Å². The van der Waals surface area contributed by atoms with Gasteiger partial charge in [-0.15, -0.1) is 0 Å². The maximum atomic E-state index is 12.7. The number of carbonyl (C=O) groups excluding carboxylic acids is 2. The third-order valence-corrected chi connectivity index (χ3v) is 10.0. The van der Waals surface area contributed by atoms with E-state index in [4.69, 9.17) is 13.9 Å². The number of likely N-dealkylation sites (N-methyl/N-ethyl adjacent to an activating group) is 1. The molecule has 0 radical (unpaired) electrons. The first-order chi connectivity index (χ1) is 14.6. The van der Waals surface area contributed by atoms with Gasteiger partial charge in [0.25, 0.3) is 0 Å². The van der Waals surface area contributed by atoms with Crippen molar-refractivity contribution in [3.63, 3.8) is 0 Å². The Kier molecular flexibility index (Phi) is 10.2. The largest absolute Gasteiger partial charge is 0.445 e. The second kappa shape index (κ2) is 11.7. The van der Waals surface area contributed by atoms with E-state index >= 15 is 0 Å². The molecule has 182 valence electrons. The second-order valence-electron chi connectivity index (χ2n) is 10.5. The third-order valence-electron chi connectivity index (χ3n) is 5.50. The average molecular weight is 467 g/mol. The van der Waals surface area contributed by atoms with Crippen molar-refractivity contribution >= 4 is 20.5 Å². The first kappa shape index (κ1) is 28.0. The SMILES string of the molecule is CN(CCN(CCO[Si](C)(C)C(C)(C)C)C(=O)OC(C)(C)C)C(=O)OCc1ccccc1. The van der Waals surface area contributed by atoms with E-state index in [1.54, 1.807) is 11.9 Å². The highest BCUT2D eigenvalue weighted by molar-refractivity contribution is 6.74. The summed E-state index contributed by atoms with van der Waals surface area (Å²) in [4.78, 5) is 28.1. The fraction of sp³-hybridized carbons (Fsp3) is 0.667. The first-order valence-corrected chi connectivity index (χ1v) is 14.1. The van der Waals surface area contributed by atoms with Gasteiger partial charge in [-0.2, -0.15) is 0 Å². The van der Waals surface area contributed by atoms with E-state index in [-0.39, 0.29) is 11.6 Å². The summed E-state index contributed by atoms with van der Waals surface area (Å²) in [5, 5.41) is 0.0898. The van der Waals surface area contributed by atoms with Crippen LogP contribution in [0.1, 0.15) is 47.1 Å². The van der Waals surface area contributed by atoms with E-state index in [0.29, 0.717) is 26.2 Å². The summed E-state index contributed by atoms with van der Waals surface area (Å²) in [6, 6.07) is 9.52. The van der Waals surface area contributed by atoms with Crippen molar-refractivity contribution in [2.45, 2.75) is 71.9 Å². The fourth-order valence-corrected chi connectivity index (χ4v) is 3.47. The minimum Gasteiger partial charge on any atom is -0.445 e. The van der Waals surface area contributed by atoms with Crippen molar-refractivity contribution in [2.24, 2.45) is 0 Å². The standard InChI is InChI=1S/C24H42N2O5Si/c1-23(2,3)31-22(28)26(17-18-30-32(8,9)24(4,5)6)16-15-25(7)21(27)29-19-20-13-11-10-12-14-20/h10-14H,15-19H2,1-9H3. The van der Waals surface area contributed by atoms with Crippen LogP contribution in [0.3, 0.4) is 0 Å². The van der Waals surface area contributed by atoms with Gasteiger partial charge in [0.05, 0.1) is 6.61 Å². The summed E-state index contributed by atoms with van der Waals surface area (Å²) in [5.41, 5.74) is 0.322. The Hall–Kier alpha value is -2.06. The van der Waals surface area contributed by atoms with Crippen LogP contribution in [0.25, 0.3) is 0 Å². The highest BCUT2D eigenvalue weighted by Crippen LogP contribution is 2.36. The maximum absolute atomic E-state index is 12.7. The molecule has 0 saturated heterocycles. The number of hydrogen-bond acceptors (Lipinski definition) is 5. The number of hydrogen-bond donors (Lipinski definition) is 0. The molecule has 7 nitrogen and oxygen atoms in total. The normalized spacial score (nSPS) is 12.3. The molecule has 0 bridgehead atoms. The number of nitrogens with zero attached hydrogens (tertiary/aromatic N) is 2. The quantitative estimate of drug-likeness (QED) is 0.449. The molecule has 32 heavy (non-hydrogen) atoms. The summed E-state index contributed by atoms with van der Waals surface area (Å²) >= 11 is 0. The highest BCUT2D eigenvalue weighted by atomic mass is 28.4. The minimum atomic E-state index is -1.92. The zero-order valence-corrected chi connectivity index (χ0v) is 22.4. The molecule has 0 unspecified atom stereocenters. The van der Waals surface area contributed by atoms with E-state index in [9.17, 15) is 9.59 Å². The molecule has 0 fully saturated rings. The maximum Gasteiger partial charge on any atom is 0.410 e. The monoisotopic (exact) mass is 466 g/mol. The number of carbonyl (C=O) groups is 2. The lowest BCUT2D eigenvalue weighted by Gasteiger charge is -2.37. The summed E-state index contributed by atoms with van der Waals surface area (Å²) in [5.74, 6) is 0. The smallest absolute Gasteiger partial charge is 0.410 e. The number of rotatable bonds is 9. The molecule has 1 rings (SSSR count). The zero-order valence-electron chi connectivity index (χ0n) is 21.4. The van der Waals surface area contributed by atoms with Crippen LogP contribution in [0.4, 0.5) is 9.59 Å². The molecule has 1 aromatic rings. The van der Waals surface area contributed by atoms with Crippen molar-refractivity contribution < 1.29 is 23.5 Å². The molecule has 2 amide bonds. The predicted octanol–water partition coefficient (Wildman–Crippen LogP) is 5.51. The molecule has 0 aliphatic heterocycles. The van der Waals surface area contributed by atoms with E-state index < -0.39 is 26.1 Å². The third kappa shape index (κ3) is 10.0. The van der Waals surface area contributed by atoms with Gasteiger partial charge < -0.3 is 23.7 Å². The summed E-state index contributed by atoms with van der Waals surface area (Å²) < 4.78 is 17.1. The molecule has 0 spiro atoms. The van der Waals surface area contributed by atoms with Gasteiger partial charge in [-0.25, -0.2) is 9.59 Å². The Morgan fingerprint density at radius 2 is 1.50 bits per heavy atom. The van der Waals surface area contributed by atoms with Crippen LogP contribution in [-0.2, 0) is 20.5 Å². The molecule has 0 aliphatic rings. The molecule has 0 aliphatic carbocycles. The molecule has 1 aromatic carbocycles. The Labute approximate surface area is 195 Å². The summed E-state index contributed by atoms with van der Waals surface area (Å²) in [6.45, 7) is 18.1. The van der Waals surface area contributed by atoms with Crippen LogP contribution >= 0.6 is 0 Å². The van der Waals surface area contributed by atoms with Crippen molar-refractivity contribution in [3.05, 3.63) is 35.9 Å². The molecular formula is C24H42N2O5Si. The second-order valence-corrected chi connectivity index (χ2v) is 15.3. The molecule has 0 heterocycles. The molecule has 8 heteroatoms. The van der Waals surface area contributed by atoms with Gasteiger partial charge >= 0.3 is 12.2 Å². The van der Waals surface area contributed by atoms with E-state index in [1.165, 1.54) is 4.90 Å². The Bertz CT molecular complexity index is 726. The van der Waals surface area contributed by atoms with Crippen molar-refractivity contribution in [1.29, 1.82) is 0 Å². The number of amides is 2. The Morgan fingerprint density at radius 1 is 0.906 bits per heavy atom. The van der Waals surface area contributed by atoms with Crippen LogP contribution in [0.15, 0.2) is 30.3 Å². The van der Waals surface area contributed by atoms with E-state index in [0.717, 1.165) is 5.56 Å². The minimum absolute atomic E-state index is 0.0898. The molecular weight excluding hydrogens is 424 g/mol. The van der Waals surface area contributed by atoms with Gasteiger partial charge in [0.2, 0.25) is 0 Å². The van der Waals surface area contributed by atoms with Gasteiger partial charge in [-0.05, 0) is 44.5 Å². The van der Waals surface area contributed by atoms with Crippen LogP contribution < -0.4 is 0 Å². The van der Waals surface area contributed by atoms with E-state index in [2.05, 4.69) is 33.9 Å². The van der Waals surface area contributed by atoms with E-state index in [1.807, 2.05) is 51.1 Å². The summed E-state index contributed by atoms with van der Waals surface area (Å²) in [7, 11) is -0.263.